The molecule has 0 atom stereocenters. The number of para-hydroxylation sites is 1. The van der Waals surface area contributed by atoms with E-state index < -0.39 is 0 Å². The summed E-state index contributed by atoms with van der Waals surface area (Å²) < 4.78 is 15.3. The topological polar surface area (TPSA) is 90.4 Å². The quantitative estimate of drug-likeness (QED) is 0.165. The Morgan fingerprint density at radius 1 is 0.302 bits per heavy atom. The third-order valence-electron chi connectivity index (χ3n) is 20.1. The van der Waals surface area contributed by atoms with Gasteiger partial charge in [0.05, 0.1) is 61.1 Å². The van der Waals surface area contributed by atoms with Crippen LogP contribution >= 0.6 is 0 Å². The van der Waals surface area contributed by atoms with Crippen molar-refractivity contribution in [2.24, 2.45) is 0 Å². The monoisotopic (exact) mass is 1260 g/mol. The van der Waals surface area contributed by atoms with Gasteiger partial charge in [-0.2, -0.15) is 5.26 Å². The van der Waals surface area contributed by atoms with Gasteiger partial charge in [0.1, 0.15) is 17.2 Å². The van der Waals surface area contributed by atoms with Crippen molar-refractivity contribution < 1.29 is 4.42 Å². The van der Waals surface area contributed by atoms with Crippen molar-refractivity contribution in [3.63, 3.8) is 0 Å². The second-order valence-electron chi connectivity index (χ2n) is 33.0. The SMILES string of the molecule is CC(C)(C)c1ccc2c(c1)c1cc(C(C)(C)C)ccc1n2-c1c(-n2c3ccc(C(C)(C)C)cc3c3cc(C(C)(C)C)ccc32)c(-n2c3ccc(C(C)(C)C)cc3c3cc(C(C)(C)C)ccc32)c2c(oc3c(-c4nc(-c5ccccc5)nc(-c5ccccc5)n4)cccc32)c1C#N. The van der Waals surface area contributed by atoms with Crippen molar-refractivity contribution in [1.82, 2.24) is 28.7 Å². The van der Waals surface area contributed by atoms with Crippen LogP contribution in [0.5, 0.6) is 0 Å². The lowest BCUT2D eigenvalue weighted by Gasteiger charge is -2.25. The van der Waals surface area contributed by atoms with E-state index in [1.54, 1.807) is 0 Å². The highest BCUT2D eigenvalue weighted by Crippen LogP contribution is 2.52. The van der Waals surface area contributed by atoms with Gasteiger partial charge in [-0.25, -0.2) is 15.0 Å². The van der Waals surface area contributed by atoms with E-state index in [1.807, 2.05) is 60.7 Å². The molecule has 15 rings (SSSR count). The Morgan fingerprint density at radius 3 is 0.917 bits per heavy atom. The maximum absolute atomic E-state index is 12.9. The third-order valence-corrected chi connectivity index (χ3v) is 20.1. The smallest absolute Gasteiger partial charge is 0.167 e. The van der Waals surface area contributed by atoms with E-state index in [-0.39, 0.29) is 32.5 Å². The molecule has 15 aromatic rings. The first-order chi connectivity index (χ1) is 45.4. The van der Waals surface area contributed by atoms with Crippen LogP contribution in [-0.4, -0.2) is 28.7 Å². The van der Waals surface area contributed by atoms with E-state index in [9.17, 15) is 5.26 Å². The van der Waals surface area contributed by atoms with Crippen LogP contribution in [0.2, 0.25) is 0 Å². The molecule has 0 radical (unpaired) electrons. The lowest BCUT2D eigenvalue weighted by Crippen LogP contribution is -2.14. The highest BCUT2D eigenvalue weighted by atomic mass is 16.3. The molecule has 5 heterocycles. The Hall–Kier alpha value is -10.1. The number of furan rings is 1. The lowest BCUT2D eigenvalue weighted by molar-refractivity contribution is 0.590. The number of rotatable bonds is 6. The molecule has 5 aromatic heterocycles. The van der Waals surface area contributed by atoms with Crippen LogP contribution in [-0.2, 0) is 32.5 Å². The summed E-state index contributed by atoms with van der Waals surface area (Å²) in [5.74, 6) is 1.53. The fraction of sp³-hybridized carbons (Fsp3) is 0.273. The molecule has 8 nitrogen and oxygen atoms in total. The van der Waals surface area contributed by atoms with Crippen LogP contribution in [0.15, 0.2) is 192 Å². The molecule has 8 heteroatoms. The Bertz CT molecular complexity index is 5490. The van der Waals surface area contributed by atoms with E-state index in [0.29, 0.717) is 45.5 Å². The molecule has 0 bridgehead atoms. The molecule has 0 saturated heterocycles. The van der Waals surface area contributed by atoms with Crippen LogP contribution in [0.1, 0.15) is 164 Å². The summed E-state index contributed by atoms with van der Waals surface area (Å²) in [4.78, 5) is 15.9. The maximum Gasteiger partial charge on any atom is 0.167 e. The lowest BCUT2D eigenvalue weighted by atomic mass is 9.85. The Labute approximate surface area is 563 Å². The van der Waals surface area contributed by atoms with Crippen LogP contribution in [0.4, 0.5) is 0 Å². The van der Waals surface area contributed by atoms with Gasteiger partial charge in [0.2, 0.25) is 0 Å². The zero-order valence-corrected chi connectivity index (χ0v) is 58.9. The minimum Gasteiger partial charge on any atom is -0.454 e. The number of hydrogen-bond donors (Lipinski definition) is 0. The molecule has 0 aliphatic rings. The average Bonchev–Trinajstić information content (AvgIpc) is 1.49. The normalized spacial score (nSPS) is 13.1. The van der Waals surface area contributed by atoms with Crippen LogP contribution < -0.4 is 0 Å². The van der Waals surface area contributed by atoms with Gasteiger partial charge < -0.3 is 18.1 Å². The molecule has 0 saturated carbocycles. The summed E-state index contributed by atoms with van der Waals surface area (Å²) in [6.45, 7) is 41.3. The van der Waals surface area contributed by atoms with Gasteiger partial charge >= 0.3 is 0 Å². The van der Waals surface area contributed by atoms with Crippen LogP contribution in [0.25, 0.3) is 139 Å². The summed E-state index contributed by atoms with van der Waals surface area (Å²) in [6.07, 6.45) is 0. The fourth-order valence-electron chi connectivity index (χ4n) is 14.4. The van der Waals surface area contributed by atoms with Crippen molar-refractivity contribution in [2.75, 3.05) is 0 Å². The average molecular weight is 1260 g/mol. The van der Waals surface area contributed by atoms with E-state index >= 15 is 0 Å². The zero-order valence-electron chi connectivity index (χ0n) is 58.9. The van der Waals surface area contributed by atoms with Gasteiger partial charge in [0.25, 0.3) is 0 Å². The van der Waals surface area contributed by atoms with Gasteiger partial charge in [-0.1, -0.05) is 234 Å². The molecule has 0 aliphatic carbocycles. The predicted octanol–water partition coefficient (Wildman–Crippen LogP) is 23.7. The summed E-state index contributed by atoms with van der Waals surface area (Å²) in [5, 5.41) is 21.3. The van der Waals surface area contributed by atoms with Gasteiger partial charge in [-0.15, -0.1) is 0 Å². The van der Waals surface area contributed by atoms with Crippen molar-refractivity contribution in [3.8, 4) is 57.3 Å². The summed E-state index contributed by atoms with van der Waals surface area (Å²) in [5.41, 5.74) is 18.7. The van der Waals surface area contributed by atoms with Gasteiger partial charge in [0, 0.05) is 48.8 Å². The molecule has 0 amide bonds. The number of benzene rings is 10. The Morgan fingerprint density at radius 2 is 0.604 bits per heavy atom. The third kappa shape index (κ3) is 10.0. The number of hydrogen-bond acceptors (Lipinski definition) is 5. The summed E-state index contributed by atoms with van der Waals surface area (Å²) in [6, 6.07) is 71.8. The first-order valence-electron chi connectivity index (χ1n) is 34.0. The number of fused-ring (bicyclic) bond motifs is 12. The minimum atomic E-state index is -0.162. The Balaban J connectivity index is 1.24. The van der Waals surface area contributed by atoms with Gasteiger partial charge in [-0.3, -0.25) is 0 Å². The maximum atomic E-state index is 12.9. The molecule has 0 N–H and O–H groups in total. The van der Waals surface area contributed by atoms with Crippen LogP contribution in [0.3, 0.4) is 0 Å². The summed E-state index contributed by atoms with van der Waals surface area (Å²) >= 11 is 0. The first-order valence-corrected chi connectivity index (χ1v) is 34.0. The van der Waals surface area contributed by atoms with E-state index in [0.717, 1.165) is 98.7 Å². The highest BCUT2D eigenvalue weighted by Gasteiger charge is 2.36. The van der Waals surface area contributed by atoms with Crippen molar-refractivity contribution in [1.29, 1.82) is 5.26 Å². The molecule has 96 heavy (non-hydrogen) atoms. The zero-order chi connectivity index (χ0) is 67.7. The number of nitrogens with zero attached hydrogens (tertiary/aromatic N) is 7. The van der Waals surface area contributed by atoms with E-state index in [4.69, 9.17) is 19.4 Å². The van der Waals surface area contributed by atoms with Gasteiger partial charge in [0.15, 0.2) is 23.1 Å². The standard InChI is InChI=1S/C88H85N7O/c1-83(2,3)53-32-38-68-61(44-53)62-45-54(84(4,5)6)33-39-69(62)93(68)75-67(50-89)79-74(59-30-25-31-60(78(59)96-79)82-91-80(51-26-21-19-22-27-51)90-81(92-82)52-28-23-20-24-29-52)76(94-70-40-34-55(85(7,8)9)46-63(70)64-47-56(86(10,11)12)35-41-71(64)94)77(75)95-72-42-36-57(87(13,14)15)48-65(72)66-49-58(88(16,17)18)37-43-73(66)95/h19-49H,1-18H3. The van der Waals surface area contributed by atoms with Crippen LogP contribution in [0, 0.1) is 11.3 Å². The van der Waals surface area contributed by atoms with E-state index in [2.05, 4.69) is 272 Å². The highest BCUT2D eigenvalue weighted by molar-refractivity contribution is 6.22. The predicted molar refractivity (Wildman–Crippen MR) is 403 cm³/mol. The van der Waals surface area contributed by atoms with Gasteiger partial charge in [-0.05, 0) is 145 Å². The van der Waals surface area contributed by atoms with Crippen molar-refractivity contribution in [2.45, 2.75) is 157 Å². The number of nitriles is 1. The largest absolute Gasteiger partial charge is 0.454 e. The molecule has 478 valence electrons. The molecular weight excluding hydrogens is 1170 g/mol. The molecule has 0 aliphatic heterocycles. The molecular formula is C88H85N7O. The molecule has 0 unspecified atom stereocenters. The molecule has 0 fully saturated rings. The fourth-order valence-corrected chi connectivity index (χ4v) is 14.4. The summed E-state index contributed by atoms with van der Waals surface area (Å²) in [7, 11) is 0. The Kier molecular flexibility index (Phi) is 13.9. The molecule has 0 spiro atoms. The number of aromatic nitrogens is 6. The van der Waals surface area contributed by atoms with Crippen molar-refractivity contribution >= 4 is 87.4 Å². The second kappa shape index (κ2) is 21.5. The second-order valence-corrected chi connectivity index (χ2v) is 33.0. The van der Waals surface area contributed by atoms with Crippen molar-refractivity contribution in [3.05, 3.63) is 227 Å². The molecule has 10 aromatic carbocycles. The van der Waals surface area contributed by atoms with E-state index in [1.165, 1.54) is 33.4 Å². The minimum absolute atomic E-state index is 0.158. The first kappa shape index (κ1) is 62.0.